The Bertz CT molecular complexity index is 931. The van der Waals surface area contributed by atoms with Crippen molar-refractivity contribution in [3.05, 3.63) is 65.9 Å². The summed E-state index contributed by atoms with van der Waals surface area (Å²) in [6, 6.07) is 15.6. The van der Waals surface area contributed by atoms with Crippen molar-refractivity contribution >= 4 is 16.5 Å². The molecule has 0 radical (unpaired) electrons. The molecule has 2 aromatic carbocycles. The topological polar surface area (TPSA) is 55.4 Å². The van der Waals surface area contributed by atoms with Crippen molar-refractivity contribution in [2.45, 2.75) is 6.92 Å². The fraction of sp³-hybridized carbons (Fsp3) is 0.150. The molecule has 1 heterocycles. The third-order valence-electron chi connectivity index (χ3n) is 3.75. The summed E-state index contributed by atoms with van der Waals surface area (Å²) in [5.41, 5.74) is 3.48. The average Bonchev–Trinajstić information content (AvgIpc) is 3.07. The first kappa shape index (κ1) is 15.7. The normalized spacial score (nSPS) is 11.3. The Labute approximate surface area is 140 Å². The molecule has 3 rings (SSSR count). The van der Waals surface area contributed by atoms with Gasteiger partial charge >= 0.3 is 0 Å². The van der Waals surface area contributed by atoms with E-state index in [1.807, 2.05) is 49.4 Å². The summed E-state index contributed by atoms with van der Waals surface area (Å²) in [5, 5.41) is 10.2. The van der Waals surface area contributed by atoms with Crippen molar-refractivity contribution < 1.29 is 13.9 Å². The Morgan fingerprint density at radius 1 is 1.12 bits per heavy atom. The van der Waals surface area contributed by atoms with Crippen molar-refractivity contribution in [3.63, 3.8) is 0 Å². The number of allylic oxidation sites excluding steroid dienone is 1. The van der Waals surface area contributed by atoms with Crippen molar-refractivity contribution in [2.75, 3.05) is 13.7 Å². The molecule has 4 heteroatoms. The van der Waals surface area contributed by atoms with Gasteiger partial charge in [0.2, 0.25) is 0 Å². The average molecular weight is 319 g/mol. The maximum atomic E-state index is 9.21. The second-order valence-corrected chi connectivity index (χ2v) is 5.16. The highest BCUT2D eigenvalue weighted by Crippen LogP contribution is 2.34. The van der Waals surface area contributed by atoms with E-state index >= 15 is 0 Å². The maximum Gasteiger partial charge on any atom is 0.161 e. The molecule has 1 aromatic heterocycles. The van der Waals surface area contributed by atoms with Crippen LogP contribution in [0, 0.1) is 11.3 Å². The smallest absolute Gasteiger partial charge is 0.161 e. The van der Waals surface area contributed by atoms with Crippen molar-refractivity contribution in [3.8, 4) is 17.6 Å². The molecule has 0 fully saturated rings. The Morgan fingerprint density at radius 3 is 2.67 bits per heavy atom. The van der Waals surface area contributed by atoms with Gasteiger partial charge in [0.05, 0.1) is 26.0 Å². The summed E-state index contributed by atoms with van der Waals surface area (Å²) in [7, 11) is 1.61. The Morgan fingerprint density at radius 2 is 1.92 bits per heavy atom. The van der Waals surface area contributed by atoms with E-state index in [0.717, 1.165) is 27.7 Å². The number of nitriles is 1. The molecule has 0 saturated heterocycles. The first-order chi connectivity index (χ1) is 11.8. The lowest BCUT2D eigenvalue weighted by atomic mass is 9.96. The van der Waals surface area contributed by atoms with Crippen LogP contribution in [-0.2, 0) is 0 Å². The van der Waals surface area contributed by atoms with E-state index in [-0.39, 0.29) is 0 Å². The molecule has 0 unspecified atom stereocenters. The van der Waals surface area contributed by atoms with Crippen LogP contribution in [0.5, 0.6) is 11.5 Å². The molecule has 0 N–H and O–H groups in total. The monoisotopic (exact) mass is 319 g/mol. The van der Waals surface area contributed by atoms with Crippen LogP contribution in [-0.4, -0.2) is 13.7 Å². The van der Waals surface area contributed by atoms with Crippen molar-refractivity contribution in [1.29, 1.82) is 5.26 Å². The van der Waals surface area contributed by atoms with Gasteiger partial charge in [-0.3, -0.25) is 0 Å². The van der Waals surface area contributed by atoms with Crippen LogP contribution in [0.25, 0.3) is 16.5 Å². The molecule has 4 nitrogen and oxygen atoms in total. The number of methoxy groups -OCH3 is 1. The van der Waals surface area contributed by atoms with E-state index in [4.69, 9.17) is 13.9 Å². The van der Waals surface area contributed by atoms with Gasteiger partial charge in [0, 0.05) is 11.5 Å². The van der Waals surface area contributed by atoms with Crippen LogP contribution in [0.2, 0.25) is 0 Å². The van der Waals surface area contributed by atoms with Gasteiger partial charge in [0.15, 0.2) is 11.5 Å². The van der Waals surface area contributed by atoms with E-state index in [1.165, 1.54) is 0 Å². The summed E-state index contributed by atoms with van der Waals surface area (Å²) < 4.78 is 16.3. The molecular weight excluding hydrogens is 302 g/mol. The third-order valence-corrected chi connectivity index (χ3v) is 3.75. The predicted octanol–water partition coefficient (Wildman–Crippen LogP) is 4.80. The summed E-state index contributed by atoms with van der Waals surface area (Å²) in [6.07, 6.45) is 3.20. The van der Waals surface area contributed by atoms with Gasteiger partial charge in [-0.1, -0.05) is 12.1 Å². The Hall–Kier alpha value is -3.19. The lowest BCUT2D eigenvalue weighted by Crippen LogP contribution is -1.97. The van der Waals surface area contributed by atoms with Gasteiger partial charge in [-0.05, 0) is 54.0 Å². The zero-order chi connectivity index (χ0) is 16.9. The van der Waals surface area contributed by atoms with E-state index in [9.17, 15) is 5.26 Å². The zero-order valence-corrected chi connectivity index (χ0v) is 13.6. The van der Waals surface area contributed by atoms with E-state index in [2.05, 4.69) is 6.07 Å². The highest BCUT2D eigenvalue weighted by molar-refractivity contribution is 5.88. The summed E-state index contributed by atoms with van der Waals surface area (Å²) in [6.45, 7) is 2.46. The first-order valence-electron chi connectivity index (χ1n) is 7.65. The number of nitrogens with zero attached hydrogens (tertiary/aromatic N) is 1. The molecule has 0 aliphatic heterocycles. The molecule has 0 amide bonds. The summed E-state index contributed by atoms with van der Waals surface area (Å²) in [4.78, 5) is 0. The summed E-state index contributed by atoms with van der Waals surface area (Å²) >= 11 is 0. The fourth-order valence-corrected chi connectivity index (χ4v) is 2.64. The molecular formula is C20H17NO3. The van der Waals surface area contributed by atoms with Gasteiger partial charge in [0.25, 0.3) is 0 Å². The molecule has 0 bridgehead atoms. The molecule has 3 aromatic rings. The molecule has 0 spiro atoms. The van der Waals surface area contributed by atoms with Gasteiger partial charge in [-0.15, -0.1) is 0 Å². The van der Waals surface area contributed by atoms with Gasteiger partial charge in [0.1, 0.15) is 5.58 Å². The zero-order valence-electron chi connectivity index (χ0n) is 13.6. The number of hydrogen-bond donors (Lipinski definition) is 0. The highest BCUT2D eigenvalue weighted by atomic mass is 16.5. The molecule has 120 valence electrons. The predicted molar refractivity (Wildman–Crippen MR) is 93.1 cm³/mol. The highest BCUT2D eigenvalue weighted by Gasteiger charge is 2.11. The lowest BCUT2D eigenvalue weighted by Gasteiger charge is -2.13. The van der Waals surface area contributed by atoms with Crippen LogP contribution in [0.3, 0.4) is 0 Å². The van der Waals surface area contributed by atoms with Crippen LogP contribution in [0.1, 0.15) is 18.1 Å². The lowest BCUT2D eigenvalue weighted by molar-refractivity contribution is 0.311. The Balaban J connectivity index is 2.10. The van der Waals surface area contributed by atoms with Crippen LogP contribution < -0.4 is 9.47 Å². The SMILES string of the molecule is CCOc1cc(C(=CC#N)c2ccc3occc3c2)ccc1OC. The number of rotatable bonds is 5. The molecule has 0 aliphatic rings. The first-order valence-corrected chi connectivity index (χ1v) is 7.65. The maximum absolute atomic E-state index is 9.21. The van der Waals surface area contributed by atoms with E-state index < -0.39 is 0 Å². The minimum atomic E-state index is 0.540. The van der Waals surface area contributed by atoms with Crippen molar-refractivity contribution in [1.82, 2.24) is 0 Å². The third kappa shape index (κ3) is 2.97. The largest absolute Gasteiger partial charge is 0.493 e. The fourth-order valence-electron chi connectivity index (χ4n) is 2.64. The van der Waals surface area contributed by atoms with Crippen LogP contribution in [0.15, 0.2) is 59.2 Å². The number of furan rings is 1. The number of hydrogen-bond acceptors (Lipinski definition) is 4. The minimum Gasteiger partial charge on any atom is -0.493 e. The molecule has 0 saturated carbocycles. The van der Waals surface area contributed by atoms with Crippen LogP contribution >= 0.6 is 0 Å². The van der Waals surface area contributed by atoms with Gasteiger partial charge in [-0.2, -0.15) is 5.26 Å². The van der Waals surface area contributed by atoms with Gasteiger partial charge < -0.3 is 13.9 Å². The number of fused-ring (bicyclic) bond motifs is 1. The molecule has 0 aliphatic carbocycles. The minimum absolute atomic E-state index is 0.540. The van der Waals surface area contributed by atoms with Crippen LogP contribution in [0.4, 0.5) is 0 Å². The molecule has 24 heavy (non-hydrogen) atoms. The Kier molecular flexibility index (Phi) is 4.53. The number of benzene rings is 2. The quantitative estimate of drug-likeness (QED) is 0.634. The van der Waals surface area contributed by atoms with E-state index in [1.54, 1.807) is 19.4 Å². The summed E-state index contributed by atoms with van der Waals surface area (Å²) in [5.74, 6) is 1.33. The van der Waals surface area contributed by atoms with Gasteiger partial charge in [-0.25, -0.2) is 0 Å². The second-order valence-electron chi connectivity index (χ2n) is 5.16. The second kappa shape index (κ2) is 6.93. The standard InChI is InChI=1S/C20H17NO3/c1-3-23-20-13-15(5-7-19(20)22-2)17(8-10-21)14-4-6-18-16(12-14)9-11-24-18/h4-9,11-13H,3H2,1-2H3. The number of ether oxygens (including phenoxy) is 2. The van der Waals surface area contributed by atoms with Crippen molar-refractivity contribution in [2.24, 2.45) is 0 Å². The van der Waals surface area contributed by atoms with E-state index in [0.29, 0.717) is 18.1 Å². The molecule has 0 atom stereocenters.